The number of pyridine rings is 1. The van der Waals surface area contributed by atoms with Crippen molar-refractivity contribution in [3.63, 3.8) is 0 Å². The smallest absolute Gasteiger partial charge is 0.407 e. The number of fused-ring (bicyclic) bond motifs is 4. The molecule has 0 radical (unpaired) electrons. The van der Waals surface area contributed by atoms with Crippen molar-refractivity contribution in [2.75, 3.05) is 12.8 Å². The van der Waals surface area contributed by atoms with E-state index in [9.17, 15) is 20.0 Å². The molecule has 5 heterocycles. The van der Waals surface area contributed by atoms with E-state index < -0.39 is 18.0 Å². The van der Waals surface area contributed by atoms with Gasteiger partial charge in [0.15, 0.2) is 5.82 Å². The second-order valence-electron chi connectivity index (χ2n) is 12.0. The number of nitriles is 1. The molecule has 9 nitrogen and oxygen atoms in total. The summed E-state index contributed by atoms with van der Waals surface area (Å²) in [6, 6.07) is 10.6. The Labute approximate surface area is 273 Å². The summed E-state index contributed by atoms with van der Waals surface area (Å²) < 4.78 is 20.8. The van der Waals surface area contributed by atoms with Gasteiger partial charge >= 0.3 is 6.09 Å². The van der Waals surface area contributed by atoms with Crippen molar-refractivity contribution >= 4 is 51.3 Å². The third-order valence-electron chi connectivity index (χ3n) is 9.72. The van der Waals surface area contributed by atoms with Gasteiger partial charge in [-0.15, -0.1) is 11.8 Å². The van der Waals surface area contributed by atoms with Crippen LogP contribution >= 0.6 is 23.4 Å². The van der Waals surface area contributed by atoms with Gasteiger partial charge in [-0.3, -0.25) is 9.78 Å². The Hall–Kier alpha value is -4.40. The molecule has 2 aromatic carbocycles. The minimum atomic E-state index is -0.964. The predicted octanol–water partition coefficient (Wildman–Crippen LogP) is 7.22. The van der Waals surface area contributed by atoms with E-state index in [0.29, 0.717) is 45.1 Å². The second kappa shape index (κ2) is 11.4. The molecular formula is C34H30ClFN6O3S. The Balaban J connectivity index is 1.59. The lowest BCUT2D eigenvalue weighted by atomic mass is 9.79. The number of nitrogens with zero attached hydrogens (tertiary/aromatic N) is 6. The molecular weight excluding hydrogens is 627 g/mol. The summed E-state index contributed by atoms with van der Waals surface area (Å²) in [7, 11) is 0. The lowest BCUT2D eigenvalue weighted by molar-refractivity contribution is 0.123. The molecule has 234 valence electrons. The number of aromatic nitrogens is 4. The SMILES string of the molecule is CSc1nc2c(F)c(-c3cccc(Cl)c3C)c(CCC#N)cc2c2c1cc([C@@H](C)n1ccncc1=O)n2[C@H]1[C@@H]2C[C@H]1N(C(=O)O)C2. The van der Waals surface area contributed by atoms with Gasteiger partial charge in [-0.2, -0.15) is 5.26 Å². The largest absolute Gasteiger partial charge is 0.465 e. The molecule has 1 saturated carbocycles. The molecule has 5 aromatic rings. The fourth-order valence-electron chi connectivity index (χ4n) is 7.49. The van der Waals surface area contributed by atoms with E-state index in [2.05, 4.69) is 15.6 Å². The lowest BCUT2D eigenvalue weighted by Gasteiger charge is -2.39. The quantitative estimate of drug-likeness (QED) is 0.184. The van der Waals surface area contributed by atoms with Crippen molar-refractivity contribution in [1.82, 2.24) is 24.0 Å². The Morgan fingerprint density at radius 1 is 1.30 bits per heavy atom. The Bertz CT molecular complexity index is 2180. The standard InChI is InChI=1S/C34H30ClFN6O3S/c1-17-21(7-4-8-24(17)35)28-19(6-5-9-37)12-22-30(29(28)36)39-33(46-3)23-14-25(18(2)40-11-10-38-15-27(40)43)42(32(22)23)31-20-13-26(31)41(16-20)34(44)45/h4,7-8,10-12,14-15,18,20,26,31H,5-6,13,16H2,1-3H3,(H,44,45)/t18-,20-,26-,31+/m1/s1. The van der Waals surface area contributed by atoms with Crippen LogP contribution in [0.25, 0.3) is 32.9 Å². The predicted molar refractivity (Wildman–Crippen MR) is 176 cm³/mol. The number of benzene rings is 2. The number of halogens is 2. The van der Waals surface area contributed by atoms with Crippen LogP contribution in [0, 0.1) is 30.0 Å². The van der Waals surface area contributed by atoms with E-state index in [1.165, 1.54) is 22.9 Å². The number of hydrogen-bond donors (Lipinski definition) is 1. The minimum absolute atomic E-state index is 0.0639. The van der Waals surface area contributed by atoms with E-state index in [-0.39, 0.29) is 35.5 Å². The van der Waals surface area contributed by atoms with Crippen molar-refractivity contribution in [1.29, 1.82) is 5.26 Å². The van der Waals surface area contributed by atoms with Crippen LogP contribution in [0.3, 0.4) is 0 Å². The van der Waals surface area contributed by atoms with Crippen molar-refractivity contribution < 1.29 is 14.3 Å². The van der Waals surface area contributed by atoms with Crippen molar-refractivity contribution in [3.05, 3.63) is 86.9 Å². The van der Waals surface area contributed by atoms with Gasteiger partial charge in [-0.1, -0.05) is 23.7 Å². The number of thioether (sulfide) groups is 1. The van der Waals surface area contributed by atoms with Crippen molar-refractivity contribution in [2.45, 2.75) is 56.3 Å². The van der Waals surface area contributed by atoms with Crippen molar-refractivity contribution in [3.8, 4) is 17.2 Å². The Morgan fingerprint density at radius 2 is 2.11 bits per heavy atom. The normalized spacial score (nSPS) is 19.4. The van der Waals surface area contributed by atoms with Gasteiger partial charge in [0.05, 0.1) is 35.9 Å². The monoisotopic (exact) mass is 656 g/mol. The Kier molecular flexibility index (Phi) is 7.53. The highest BCUT2D eigenvalue weighted by molar-refractivity contribution is 7.98. The van der Waals surface area contributed by atoms with Gasteiger partial charge in [0, 0.05) is 58.3 Å². The van der Waals surface area contributed by atoms with Crippen molar-refractivity contribution in [2.24, 2.45) is 5.92 Å². The highest BCUT2D eigenvalue weighted by Gasteiger charge is 2.55. The van der Waals surface area contributed by atoms with E-state index in [4.69, 9.17) is 16.6 Å². The maximum atomic E-state index is 17.1. The molecule has 2 bridgehead atoms. The first-order chi connectivity index (χ1) is 22.2. The summed E-state index contributed by atoms with van der Waals surface area (Å²) in [6.07, 6.45) is 6.63. The summed E-state index contributed by atoms with van der Waals surface area (Å²) in [5.41, 5.74) is 3.87. The maximum absolute atomic E-state index is 17.1. The second-order valence-corrected chi connectivity index (χ2v) is 13.2. The van der Waals surface area contributed by atoms with Gasteiger partial charge < -0.3 is 19.1 Å². The van der Waals surface area contributed by atoms with E-state index in [1.807, 2.05) is 38.3 Å². The average Bonchev–Trinajstić information content (AvgIpc) is 3.75. The number of rotatable bonds is 7. The number of carboxylic acid groups (broad SMARTS) is 1. The molecule has 1 amide bonds. The summed E-state index contributed by atoms with van der Waals surface area (Å²) in [6.45, 7) is 4.18. The first kappa shape index (κ1) is 30.3. The number of carbonyl (C=O) groups is 1. The van der Waals surface area contributed by atoms with Gasteiger partial charge in [-0.25, -0.2) is 14.2 Å². The van der Waals surface area contributed by atoms with Crippen LogP contribution in [0.1, 0.15) is 48.7 Å². The molecule has 1 N–H and O–H groups in total. The summed E-state index contributed by atoms with van der Waals surface area (Å²) in [5.74, 6) is -0.432. The van der Waals surface area contributed by atoms with E-state index in [1.54, 1.807) is 29.1 Å². The first-order valence-electron chi connectivity index (χ1n) is 15.0. The molecule has 2 saturated heterocycles. The van der Waals surface area contributed by atoms with Crippen LogP contribution in [0.2, 0.25) is 5.02 Å². The van der Waals surface area contributed by atoms with Gasteiger partial charge in [-0.05, 0) is 67.8 Å². The molecule has 0 unspecified atom stereocenters. The number of hydrogen-bond acceptors (Lipinski definition) is 6. The molecule has 1 aliphatic carbocycles. The van der Waals surface area contributed by atoms with E-state index in [0.717, 1.165) is 28.6 Å². The maximum Gasteiger partial charge on any atom is 0.407 e. The minimum Gasteiger partial charge on any atom is -0.465 e. The highest BCUT2D eigenvalue weighted by Crippen LogP contribution is 2.53. The molecule has 3 fully saturated rings. The summed E-state index contributed by atoms with van der Waals surface area (Å²) >= 11 is 7.89. The van der Waals surface area contributed by atoms with Crippen LogP contribution in [0.4, 0.5) is 9.18 Å². The molecule has 4 atom stereocenters. The van der Waals surface area contributed by atoms with Gasteiger partial charge in [0.2, 0.25) is 0 Å². The van der Waals surface area contributed by atoms with Crippen LogP contribution in [-0.2, 0) is 6.42 Å². The fraction of sp³-hybridized carbons (Fsp3) is 0.324. The lowest BCUT2D eigenvalue weighted by Crippen LogP contribution is -2.43. The van der Waals surface area contributed by atoms with Crippen LogP contribution in [0.15, 0.2) is 58.7 Å². The van der Waals surface area contributed by atoms with E-state index >= 15 is 4.39 Å². The molecule has 0 spiro atoms. The number of amides is 1. The summed E-state index contributed by atoms with van der Waals surface area (Å²) in [4.78, 5) is 35.5. The third kappa shape index (κ3) is 4.49. The van der Waals surface area contributed by atoms with Crippen LogP contribution in [0.5, 0.6) is 0 Å². The summed E-state index contributed by atoms with van der Waals surface area (Å²) in [5, 5.41) is 22.0. The molecule has 2 aliphatic heterocycles. The topological polar surface area (TPSA) is 117 Å². The van der Waals surface area contributed by atoms with Gasteiger partial charge in [0.1, 0.15) is 10.5 Å². The molecule has 8 rings (SSSR count). The Morgan fingerprint density at radius 3 is 2.80 bits per heavy atom. The zero-order chi connectivity index (χ0) is 32.4. The first-order valence-corrected chi connectivity index (χ1v) is 16.6. The number of aryl methyl sites for hydroxylation is 1. The highest BCUT2D eigenvalue weighted by atomic mass is 35.5. The fourth-order valence-corrected chi connectivity index (χ4v) is 8.23. The zero-order valence-corrected chi connectivity index (χ0v) is 26.9. The zero-order valence-electron chi connectivity index (χ0n) is 25.4. The molecule has 3 aromatic heterocycles. The molecule has 46 heavy (non-hydrogen) atoms. The molecule has 3 aliphatic rings. The average molecular weight is 657 g/mol. The van der Waals surface area contributed by atoms with Crippen LogP contribution in [-0.4, -0.2) is 54.0 Å². The third-order valence-corrected chi connectivity index (χ3v) is 10.8. The van der Waals surface area contributed by atoms with Crippen LogP contribution < -0.4 is 5.56 Å². The van der Waals surface area contributed by atoms with Gasteiger partial charge in [0.25, 0.3) is 5.56 Å². The molecule has 12 heteroatoms.